The summed E-state index contributed by atoms with van der Waals surface area (Å²) in [5.41, 5.74) is 2.04. The van der Waals surface area contributed by atoms with Gasteiger partial charge in [-0.25, -0.2) is 8.42 Å². The van der Waals surface area contributed by atoms with Crippen molar-refractivity contribution in [2.24, 2.45) is 0 Å². The van der Waals surface area contributed by atoms with Crippen LogP contribution in [0.2, 0.25) is 0 Å². The Morgan fingerprint density at radius 3 is 2.23 bits per heavy atom. The predicted octanol–water partition coefficient (Wildman–Crippen LogP) is 4.43. The number of hydrogen-bond acceptors (Lipinski definition) is 3. The van der Waals surface area contributed by atoms with Gasteiger partial charge in [0.25, 0.3) is 10.0 Å². The normalized spacial score (nSPS) is 11.8. The molecule has 0 unspecified atom stereocenters. The average Bonchev–Trinajstić information content (AvgIpc) is 2.68. The smallest absolute Gasteiger partial charge is 0.263 e. The maximum absolute atomic E-state index is 13.0. The fourth-order valence-electron chi connectivity index (χ4n) is 2.60. The van der Waals surface area contributed by atoms with Crippen LogP contribution in [0, 0.1) is 0 Å². The SMILES string of the molecule is CCCC=CN(CCCCO)S(=O)(=O)c1ccc(-c2ccccc2)cc1. The van der Waals surface area contributed by atoms with Crippen LogP contribution < -0.4 is 0 Å². The summed E-state index contributed by atoms with van der Waals surface area (Å²) in [7, 11) is -3.60. The largest absolute Gasteiger partial charge is 0.396 e. The van der Waals surface area contributed by atoms with Crippen molar-refractivity contribution in [1.82, 2.24) is 4.31 Å². The Morgan fingerprint density at radius 2 is 1.62 bits per heavy atom. The van der Waals surface area contributed by atoms with E-state index in [-0.39, 0.29) is 11.5 Å². The van der Waals surface area contributed by atoms with E-state index in [1.165, 1.54) is 4.31 Å². The molecule has 0 saturated carbocycles. The second-order valence-electron chi connectivity index (χ2n) is 6.11. The van der Waals surface area contributed by atoms with Gasteiger partial charge in [-0.3, -0.25) is 4.31 Å². The van der Waals surface area contributed by atoms with Crippen LogP contribution in [0.1, 0.15) is 32.6 Å². The van der Waals surface area contributed by atoms with Crippen molar-refractivity contribution in [1.29, 1.82) is 0 Å². The lowest BCUT2D eigenvalue weighted by atomic mass is 10.1. The maximum atomic E-state index is 13.0. The maximum Gasteiger partial charge on any atom is 0.263 e. The lowest BCUT2D eigenvalue weighted by Crippen LogP contribution is -2.27. The molecule has 0 aliphatic carbocycles. The van der Waals surface area contributed by atoms with Crippen LogP contribution in [0.15, 0.2) is 71.8 Å². The number of hydrogen-bond donors (Lipinski definition) is 1. The first-order valence-electron chi connectivity index (χ1n) is 9.04. The van der Waals surface area contributed by atoms with Crippen LogP contribution in [0.5, 0.6) is 0 Å². The Balaban J connectivity index is 2.23. The molecule has 0 aliphatic rings. The van der Waals surface area contributed by atoms with Gasteiger partial charge in [0.05, 0.1) is 4.90 Å². The Labute approximate surface area is 156 Å². The van der Waals surface area contributed by atoms with Gasteiger partial charge in [0, 0.05) is 19.4 Å². The highest BCUT2D eigenvalue weighted by molar-refractivity contribution is 7.89. The first kappa shape index (κ1) is 20.2. The first-order chi connectivity index (χ1) is 12.6. The standard InChI is InChI=1S/C21H27NO3S/c1-2-3-7-16-22(17-8-9-18-23)26(24,25)21-14-12-20(13-15-21)19-10-5-4-6-11-19/h4-7,10-16,23H,2-3,8-9,17-18H2,1H3. The van der Waals surface area contributed by atoms with Crippen molar-refractivity contribution in [3.8, 4) is 11.1 Å². The van der Waals surface area contributed by atoms with E-state index in [0.717, 1.165) is 24.0 Å². The second-order valence-corrected chi connectivity index (χ2v) is 8.00. The average molecular weight is 374 g/mol. The number of rotatable bonds is 10. The fraction of sp³-hybridized carbons (Fsp3) is 0.333. The van der Waals surface area contributed by atoms with E-state index in [4.69, 9.17) is 5.11 Å². The Kier molecular flexibility index (Phi) is 7.88. The third kappa shape index (κ3) is 5.44. The molecule has 4 nitrogen and oxygen atoms in total. The molecule has 0 heterocycles. The zero-order valence-electron chi connectivity index (χ0n) is 15.2. The van der Waals surface area contributed by atoms with Gasteiger partial charge in [0.2, 0.25) is 0 Å². The number of nitrogens with zero attached hydrogens (tertiary/aromatic N) is 1. The van der Waals surface area contributed by atoms with Crippen molar-refractivity contribution in [2.45, 2.75) is 37.5 Å². The van der Waals surface area contributed by atoms with E-state index in [9.17, 15) is 8.42 Å². The third-order valence-corrected chi connectivity index (χ3v) is 5.87. The van der Waals surface area contributed by atoms with Gasteiger partial charge in [-0.15, -0.1) is 0 Å². The molecule has 5 heteroatoms. The van der Waals surface area contributed by atoms with Crippen molar-refractivity contribution in [2.75, 3.05) is 13.2 Å². The number of sulfonamides is 1. The molecule has 2 aromatic carbocycles. The van der Waals surface area contributed by atoms with Crippen LogP contribution in [-0.4, -0.2) is 31.0 Å². The Bertz CT molecular complexity index is 784. The summed E-state index contributed by atoms with van der Waals surface area (Å²) in [5, 5.41) is 8.97. The number of aliphatic hydroxyl groups is 1. The van der Waals surface area contributed by atoms with Gasteiger partial charge in [-0.05, 0) is 42.5 Å². The van der Waals surface area contributed by atoms with Gasteiger partial charge >= 0.3 is 0 Å². The lowest BCUT2D eigenvalue weighted by molar-refractivity contribution is 0.280. The van der Waals surface area contributed by atoms with Gasteiger partial charge < -0.3 is 5.11 Å². The summed E-state index contributed by atoms with van der Waals surface area (Å²) in [6, 6.07) is 16.9. The molecule has 0 amide bonds. The molecule has 0 atom stereocenters. The molecule has 0 saturated heterocycles. The Morgan fingerprint density at radius 1 is 0.962 bits per heavy atom. The second kappa shape index (κ2) is 10.1. The highest BCUT2D eigenvalue weighted by Gasteiger charge is 2.21. The molecule has 1 N–H and O–H groups in total. The van der Waals surface area contributed by atoms with Crippen LogP contribution in [0.25, 0.3) is 11.1 Å². The molecule has 0 aliphatic heterocycles. The molecule has 0 spiro atoms. The summed E-state index contributed by atoms with van der Waals surface area (Å²) in [6.07, 6.45) is 6.54. The minimum absolute atomic E-state index is 0.0678. The quantitative estimate of drug-likeness (QED) is 0.627. The van der Waals surface area contributed by atoms with Crippen molar-refractivity contribution in [3.63, 3.8) is 0 Å². The zero-order valence-corrected chi connectivity index (χ0v) is 16.0. The summed E-state index contributed by atoms with van der Waals surface area (Å²) < 4.78 is 27.3. The number of benzene rings is 2. The first-order valence-corrected chi connectivity index (χ1v) is 10.5. The van der Waals surface area contributed by atoms with E-state index in [1.54, 1.807) is 18.3 Å². The van der Waals surface area contributed by atoms with Crippen molar-refractivity contribution >= 4 is 10.0 Å². The van der Waals surface area contributed by atoms with E-state index in [0.29, 0.717) is 19.4 Å². The highest BCUT2D eigenvalue weighted by Crippen LogP contribution is 2.23. The summed E-state index contributed by atoms with van der Waals surface area (Å²) in [4.78, 5) is 0.280. The van der Waals surface area contributed by atoms with Crippen molar-refractivity contribution < 1.29 is 13.5 Å². The Hall–Kier alpha value is -2.11. The molecular weight excluding hydrogens is 346 g/mol. The van der Waals surface area contributed by atoms with Crippen LogP contribution in [0.3, 0.4) is 0 Å². The zero-order chi connectivity index (χ0) is 18.8. The summed E-state index contributed by atoms with van der Waals surface area (Å²) >= 11 is 0. The topological polar surface area (TPSA) is 57.6 Å². The molecule has 2 aromatic rings. The number of aliphatic hydroxyl groups excluding tert-OH is 1. The number of allylic oxidation sites excluding steroid dienone is 1. The third-order valence-electron chi connectivity index (χ3n) is 4.08. The molecule has 140 valence electrons. The molecule has 26 heavy (non-hydrogen) atoms. The molecule has 0 radical (unpaired) electrons. The minimum atomic E-state index is -3.60. The summed E-state index contributed by atoms with van der Waals surface area (Å²) in [5.74, 6) is 0. The predicted molar refractivity (Wildman–Crippen MR) is 106 cm³/mol. The van der Waals surface area contributed by atoms with Crippen LogP contribution in [-0.2, 0) is 10.0 Å². The molecule has 0 aromatic heterocycles. The monoisotopic (exact) mass is 373 g/mol. The van der Waals surface area contributed by atoms with E-state index >= 15 is 0 Å². The van der Waals surface area contributed by atoms with Crippen LogP contribution in [0.4, 0.5) is 0 Å². The minimum Gasteiger partial charge on any atom is -0.396 e. The molecular formula is C21H27NO3S. The molecule has 0 fully saturated rings. The molecule has 2 rings (SSSR count). The number of unbranched alkanes of at least 4 members (excludes halogenated alkanes) is 2. The van der Waals surface area contributed by atoms with Gasteiger partial charge in [-0.2, -0.15) is 0 Å². The van der Waals surface area contributed by atoms with Crippen molar-refractivity contribution in [3.05, 3.63) is 66.9 Å². The summed E-state index contributed by atoms with van der Waals surface area (Å²) in [6.45, 7) is 2.49. The lowest BCUT2D eigenvalue weighted by Gasteiger charge is -2.20. The van der Waals surface area contributed by atoms with E-state index in [2.05, 4.69) is 6.92 Å². The van der Waals surface area contributed by atoms with E-state index in [1.807, 2.05) is 48.5 Å². The van der Waals surface area contributed by atoms with Gasteiger partial charge in [-0.1, -0.05) is 61.9 Å². The van der Waals surface area contributed by atoms with Crippen LogP contribution >= 0.6 is 0 Å². The van der Waals surface area contributed by atoms with E-state index < -0.39 is 10.0 Å². The fourth-order valence-corrected chi connectivity index (χ4v) is 3.96. The van der Waals surface area contributed by atoms with Gasteiger partial charge in [0.15, 0.2) is 0 Å². The molecule has 0 bridgehead atoms. The highest BCUT2D eigenvalue weighted by atomic mass is 32.2. The van der Waals surface area contributed by atoms with Gasteiger partial charge in [0.1, 0.15) is 0 Å².